The predicted molar refractivity (Wildman–Crippen MR) is 48.3 cm³/mol. The standard InChI is InChI=1S/C7H5BrN4O/c8-4-1-2-5-6(3-4)12(13)7(9)11-10-5/h1-3,9,13H. The number of benzene rings is 1. The molecule has 2 aromatic rings. The molecule has 0 saturated carbocycles. The van der Waals surface area contributed by atoms with Crippen LogP contribution in [-0.2, 0) is 0 Å². The van der Waals surface area contributed by atoms with Crippen molar-refractivity contribution in [2.45, 2.75) is 0 Å². The van der Waals surface area contributed by atoms with Gasteiger partial charge in [0.05, 0.1) is 0 Å². The summed E-state index contributed by atoms with van der Waals surface area (Å²) in [4.78, 5) is 0. The van der Waals surface area contributed by atoms with Crippen molar-refractivity contribution in [3.8, 4) is 0 Å². The first kappa shape index (κ1) is 8.18. The van der Waals surface area contributed by atoms with Crippen LogP contribution < -0.4 is 5.62 Å². The lowest BCUT2D eigenvalue weighted by Crippen LogP contribution is -2.22. The van der Waals surface area contributed by atoms with Crippen LogP contribution in [0.25, 0.3) is 11.0 Å². The van der Waals surface area contributed by atoms with Crippen LogP contribution >= 0.6 is 15.9 Å². The van der Waals surface area contributed by atoms with E-state index in [2.05, 4.69) is 26.1 Å². The van der Waals surface area contributed by atoms with E-state index in [-0.39, 0.29) is 5.62 Å². The van der Waals surface area contributed by atoms with E-state index in [0.717, 1.165) is 4.47 Å². The fourth-order valence-corrected chi connectivity index (χ4v) is 1.36. The summed E-state index contributed by atoms with van der Waals surface area (Å²) in [6.45, 7) is 0. The van der Waals surface area contributed by atoms with Gasteiger partial charge in [0, 0.05) is 4.47 Å². The molecule has 0 saturated heterocycles. The number of rotatable bonds is 0. The largest absolute Gasteiger partial charge is 0.425 e. The van der Waals surface area contributed by atoms with Gasteiger partial charge in [-0.2, -0.15) is 0 Å². The molecular weight excluding hydrogens is 236 g/mol. The average Bonchev–Trinajstić information content (AvgIpc) is 2.12. The molecule has 1 heterocycles. The highest BCUT2D eigenvalue weighted by molar-refractivity contribution is 9.10. The third-order valence-corrected chi connectivity index (χ3v) is 2.11. The van der Waals surface area contributed by atoms with Gasteiger partial charge in [0.1, 0.15) is 11.0 Å². The zero-order valence-electron chi connectivity index (χ0n) is 6.40. The molecule has 0 unspecified atom stereocenters. The Morgan fingerprint density at radius 2 is 2.15 bits per heavy atom. The first-order chi connectivity index (χ1) is 6.18. The van der Waals surface area contributed by atoms with Crippen molar-refractivity contribution < 1.29 is 5.21 Å². The van der Waals surface area contributed by atoms with Gasteiger partial charge in [-0.1, -0.05) is 15.9 Å². The van der Waals surface area contributed by atoms with E-state index < -0.39 is 0 Å². The Kier molecular flexibility index (Phi) is 1.77. The van der Waals surface area contributed by atoms with Crippen LogP contribution in [0, 0.1) is 5.41 Å². The molecule has 0 atom stereocenters. The molecule has 0 aliphatic heterocycles. The number of halogens is 1. The lowest BCUT2D eigenvalue weighted by Gasteiger charge is -2.01. The van der Waals surface area contributed by atoms with E-state index in [9.17, 15) is 5.21 Å². The number of nitrogens with zero attached hydrogens (tertiary/aromatic N) is 3. The van der Waals surface area contributed by atoms with E-state index in [1.807, 2.05) is 0 Å². The summed E-state index contributed by atoms with van der Waals surface area (Å²) in [6.07, 6.45) is 0. The molecule has 0 fully saturated rings. The van der Waals surface area contributed by atoms with Crippen molar-refractivity contribution in [3.05, 3.63) is 28.3 Å². The maximum absolute atomic E-state index is 9.39. The normalized spacial score (nSPS) is 10.5. The van der Waals surface area contributed by atoms with Crippen molar-refractivity contribution >= 4 is 27.0 Å². The molecule has 5 nitrogen and oxygen atoms in total. The predicted octanol–water partition coefficient (Wildman–Crippen LogP) is 0.911. The Morgan fingerprint density at radius 1 is 1.38 bits per heavy atom. The molecule has 2 N–H and O–H groups in total. The minimum atomic E-state index is -0.286. The second-order valence-corrected chi connectivity index (χ2v) is 3.38. The Hall–Kier alpha value is -1.43. The number of hydrogen-bond donors (Lipinski definition) is 2. The zero-order valence-corrected chi connectivity index (χ0v) is 7.98. The lowest BCUT2D eigenvalue weighted by molar-refractivity contribution is 0.177. The van der Waals surface area contributed by atoms with Crippen LogP contribution in [0.5, 0.6) is 0 Å². The molecule has 0 bridgehead atoms. The SMILES string of the molecule is N=c1nnc2ccc(Br)cc2n1O. The summed E-state index contributed by atoms with van der Waals surface area (Å²) in [5, 5.41) is 23.8. The summed E-state index contributed by atoms with van der Waals surface area (Å²) in [7, 11) is 0. The van der Waals surface area contributed by atoms with Gasteiger partial charge in [0.25, 0.3) is 5.62 Å². The van der Waals surface area contributed by atoms with Gasteiger partial charge in [0.15, 0.2) is 0 Å². The van der Waals surface area contributed by atoms with E-state index in [1.54, 1.807) is 18.2 Å². The minimum absolute atomic E-state index is 0.286. The highest BCUT2D eigenvalue weighted by Crippen LogP contribution is 2.15. The Bertz CT molecular complexity index is 521. The molecule has 0 amide bonds. The molecule has 0 spiro atoms. The van der Waals surface area contributed by atoms with Crippen molar-refractivity contribution in [1.29, 1.82) is 5.41 Å². The lowest BCUT2D eigenvalue weighted by atomic mass is 10.3. The van der Waals surface area contributed by atoms with Crippen LogP contribution in [0.2, 0.25) is 0 Å². The van der Waals surface area contributed by atoms with Crippen LogP contribution in [0.3, 0.4) is 0 Å². The van der Waals surface area contributed by atoms with E-state index >= 15 is 0 Å². The molecule has 1 aromatic carbocycles. The Morgan fingerprint density at radius 3 is 2.92 bits per heavy atom. The smallest absolute Gasteiger partial charge is 0.275 e. The molecule has 0 radical (unpaired) electrons. The maximum atomic E-state index is 9.39. The number of fused-ring (bicyclic) bond motifs is 1. The van der Waals surface area contributed by atoms with Gasteiger partial charge >= 0.3 is 0 Å². The summed E-state index contributed by atoms with van der Waals surface area (Å²) in [5.41, 5.74) is 0.710. The highest BCUT2D eigenvalue weighted by atomic mass is 79.9. The van der Waals surface area contributed by atoms with Crippen molar-refractivity contribution in [1.82, 2.24) is 14.9 Å². The third kappa shape index (κ3) is 1.29. The maximum Gasteiger partial charge on any atom is 0.275 e. The summed E-state index contributed by atoms with van der Waals surface area (Å²) >= 11 is 3.26. The Labute approximate surface area is 81.3 Å². The molecule has 2 rings (SSSR count). The van der Waals surface area contributed by atoms with Gasteiger partial charge in [-0.05, 0) is 18.2 Å². The van der Waals surface area contributed by atoms with E-state index in [0.29, 0.717) is 15.8 Å². The van der Waals surface area contributed by atoms with Gasteiger partial charge in [-0.3, -0.25) is 5.41 Å². The minimum Gasteiger partial charge on any atom is -0.425 e. The number of hydrogen-bond acceptors (Lipinski definition) is 4. The fourth-order valence-electron chi connectivity index (χ4n) is 1.01. The van der Waals surface area contributed by atoms with Crippen molar-refractivity contribution in [2.24, 2.45) is 0 Å². The first-order valence-electron chi connectivity index (χ1n) is 3.47. The highest BCUT2D eigenvalue weighted by Gasteiger charge is 2.01. The Balaban J connectivity index is 2.97. The molecular formula is C7H5BrN4O. The molecule has 0 aliphatic carbocycles. The molecule has 6 heteroatoms. The van der Waals surface area contributed by atoms with Crippen LogP contribution in [0.4, 0.5) is 0 Å². The van der Waals surface area contributed by atoms with Gasteiger partial charge in [-0.15, -0.1) is 14.9 Å². The second-order valence-electron chi connectivity index (χ2n) is 2.47. The van der Waals surface area contributed by atoms with Crippen molar-refractivity contribution in [2.75, 3.05) is 0 Å². The fraction of sp³-hybridized carbons (Fsp3) is 0. The summed E-state index contributed by atoms with van der Waals surface area (Å²) in [5.74, 6) is 0. The second kappa shape index (κ2) is 2.81. The summed E-state index contributed by atoms with van der Waals surface area (Å²) in [6, 6.07) is 5.17. The molecule has 13 heavy (non-hydrogen) atoms. The number of aromatic nitrogens is 3. The van der Waals surface area contributed by atoms with E-state index in [4.69, 9.17) is 5.41 Å². The number of nitrogens with one attached hydrogen (secondary N) is 1. The van der Waals surface area contributed by atoms with Gasteiger partial charge < -0.3 is 5.21 Å². The summed E-state index contributed by atoms with van der Waals surface area (Å²) < 4.78 is 1.50. The average molecular weight is 241 g/mol. The zero-order chi connectivity index (χ0) is 9.42. The topological polar surface area (TPSA) is 74.8 Å². The van der Waals surface area contributed by atoms with Crippen LogP contribution in [-0.4, -0.2) is 20.1 Å². The van der Waals surface area contributed by atoms with Gasteiger partial charge in [-0.25, -0.2) is 0 Å². The molecule has 66 valence electrons. The monoisotopic (exact) mass is 240 g/mol. The molecule has 0 aliphatic rings. The van der Waals surface area contributed by atoms with Gasteiger partial charge in [0.2, 0.25) is 0 Å². The van der Waals surface area contributed by atoms with Crippen LogP contribution in [0.1, 0.15) is 0 Å². The van der Waals surface area contributed by atoms with Crippen LogP contribution in [0.15, 0.2) is 22.7 Å². The molecule has 1 aromatic heterocycles. The third-order valence-electron chi connectivity index (χ3n) is 1.62. The van der Waals surface area contributed by atoms with Crippen molar-refractivity contribution in [3.63, 3.8) is 0 Å². The quantitative estimate of drug-likeness (QED) is 0.673. The first-order valence-corrected chi connectivity index (χ1v) is 4.26. The van der Waals surface area contributed by atoms with E-state index in [1.165, 1.54) is 0 Å².